The van der Waals surface area contributed by atoms with E-state index in [0.29, 0.717) is 12.5 Å². The molecule has 5 heteroatoms. The first kappa shape index (κ1) is 14.2. The summed E-state index contributed by atoms with van der Waals surface area (Å²) < 4.78 is 5.37. The standard InChI is InChI=1S/C16H18N2O2S/c1-20-14-7-8-18(10-14)16-17-13(11-21-16)9-15(19)12-5-3-2-4-6-12/h2-6,11,14H,7-10H2,1H3. The minimum atomic E-state index is 0.114. The number of anilines is 1. The van der Waals surface area contributed by atoms with Crippen molar-refractivity contribution in [2.45, 2.75) is 18.9 Å². The number of ketones is 1. The van der Waals surface area contributed by atoms with E-state index < -0.39 is 0 Å². The minimum Gasteiger partial charge on any atom is -0.380 e. The average Bonchev–Trinajstić information content (AvgIpc) is 3.16. The Kier molecular flexibility index (Phi) is 4.31. The highest BCUT2D eigenvalue weighted by Gasteiger charge is 2.24. The van der Waals surface area contributed by atoms with Crippen molar-refractivity contribution in [3.8, 4) is 0 Å². The lowest BCUT2D eigenvalue weighted by Crippen LogP contribution is -2.22. The van der Waals surface area contributed by atoms with Gasteiger partial charge in [-0.3, -0.25) is 4.79 Å². The van der Waals surface area contributed by atoms with E-state index in [1.54, 1.807) is 18.4 Å². The van der Waals surface area contributed by atoms with E-state index in [2.05, 4.69) is 9.88 Å². The van der Waals surface area contributed by atoms with Crippen LogP contribution in [0.4, 0.5) is 5.13 Å². The summed E-state index contributed by atoms with van der Waals surface area (Å²) in [5.41, 5.74) is 1.59. The lowest BCUT2D eigenvalue weighted by atomic mass is 10.1. The smallest absolute Gasteiger partial charge is 0.185 e. The number of benzene rings is 1. The van der Waals surface area contributed by atoms with Crippen LogP contribution in [0.2, 0.25) is 0 Å². The van der Waals surface area contributed by atoms with E-state index in [9.17, 15) is 4.79 Å². The van der Waals surface area contributed by atoms with Crippen molar-refractivity contribution in [3.63, 3.8) is 0 Å². The summed E-state index contributed by atoms with van der Waals surface area (Å²) in [6.07, 6.45) is 1.69. The second kappa shape index (κ2) is 6.37. The highest BCUT2D eigenvalue weighted by atomic mass is 32.1. The van der Waals surface area contributed by atoms with Crippen molar-refractivity contribution in [2.24, 2.45) is 0 Å². The fraction of sp³-hybridized carbons (Fsp3) is 0.375. The number of thiazole rings is 1. The molecule has 0 aliphatic carbocycles. The first-order chi connectivity index (χ1) is 10.3. The van der Waals surface area contributed by atoms with Crippen molar-refractivity contribution >= 4 is 22.3 Å². The predicted molar refractivity (Wildman–Crippen MR) is 84.2 cm³/mol. The van der Waals surface area contributed by atoms with Gasteiger partial charge in [0.1, 0.15) is 0 Å². The molecule has 0 amide bonds. The monoisotopic (exact) mass is 302 g/mol. The summed E-state index contributed by atoms with van der Waals surface area (Å²) >= 11 is 1.60. The van der Waals surface area contributed by atoms with Gasteiger partial charge < -0.3 is 9.64 Å². The average molecular weight is 302 g/mol. The zero-order valence-corrected chi connectivity index (χ0v) is 12.8. The zero-order chi connectivity index (χ0) is 14.7. The Labute approximate surface area is 128 Å². The van der Waals surface area contributed by atoms with Crippen LogP contribution in [0.1, 0.15) is 22.5 Å². The van der Waals surface area contributed by atoms with Crippen molar-refractivity contribution in [3.05, 3.63) is 47.0 Å². The number of rotatable bonds is 5. The van der Waals surface area contributed by atoms with E-state index >= 15 is 0 Å². The van der Waals surface area contributed by atoms with Gasteiger partial charge in [-0.05, 0) is 6.42 Å². The summed E-state index contributed by atoms with van der Waals surface area (Å²) in [6.45, 7) is 1.86. The summed E-state index contributed by atoms with van der Waals surface area (Å²) in [5.74, 6) is 0.114. The highest BCUT2D eigenvalue weighted by Crippen LogP contribution is 2.25. The zero-order valence-electron chi connectivity index (χ0n) is 12.0. The van der Waals surface area contributed by atoms with Crippen LogP contribution in [0.15, 0.2) is 35.7 Å². The Bertz CT molecular complexity index is 612. The normalized spacial score (nSPS) is 18.1. The van der Waals surface area contributed by atoms with Crippen molar-refractivity contribution < 1.29 is 9.53 Å². The second-order valence-corrected chi connectivity index (χ2v) is 6.02. The number of carbonyl (C=O) groups is 1. The highest BCUT2D eigenvalue weighted by molar-refractivity contribution is 7.13. The molecular formula is C16H18N2O2S. The van der Waals surface area contributed by atoms with E-state index in [1.165, 1.54) is 0 Å². The molecule has 2 heterocycles. The number of nitrogens with zero attached hydrogens (tertiary/aromatic N) is 2. The molecule has 0 spiro atoms. The van der Waals surface area contributed by atoms with Gasteiger partial charge in [-0.1, -0.05) is 30.3 Å². The van der Waals surface area contributed by atoms with Crippen LogP contribution in [0.3, 0.4) is 0 Å². The maximum atomic E-state index is 12.2. The first-order valence-electron chi connectivity index (χ1n) is 7.06. The van der Waals surface area contributed by atoms with Gasteiger partial charge in [0.15, 0.2) is 10.9 Å². The minimum absolute atomic E-state index is 0.114. The molecule has 1 fully saturated rings. The van der Waals surface area contributed by atoms with Gasteiger partial charge in [-0.15, -0.1) is 11.3 Å². The van der Waals surface area contributed by atoms with Gasteiger partial charge in [0.25, 0.3) is 0 Å². The van der Waals surface area contributed by atoms with Crippen LogP contribution in [0.25, 0.3) is 0 Å². The van der Waals surface area contributed by atoms with E-state index in [-0.39, 0.29) is 5.78 Å². The molecule has 0 N–H and O–H groups in total. The molecule has 1 unspecified atom stereocenters. The molecule has 1 saturated heterocycles. The molecule has 4 nitrogen and oxygen atoms in total. The largest absolute Gasteiger partial charge is 0.380 e. The van der Waals surface area contributed by atoms with E-state index in [1.807, 2.05) is 35.7 Å². The summed E-state index contributed by atoms with van der Waals surface area (Å²) in [6, 6.07) is 9.37. The molecule has 0 radical (unpaired) electrons. The van der Waals surface area contributed by atoms with E-state index in [4.69, 9.17) is 4.74 Å². The van der Waals surface area contributed by atoms with Crippen LogP contribution in [0, 0.1) is 0 Å². The van der Waals surface area contributed by atoms with Crippen molar-refractivity contribution in [1.29, 1.82) is 0 Å². The predicted octanol–water partition coefficient (Wildman–Crippen LogP) is 2.79. The van der Waals surface area contributed by atoms with Crippen LogP contribution in [-0.2, 0) is 11.2 Å². The van der Waals surface area contributed by atoms with Crippen LogP contribution in [0.5, 0.6) is 0 Å². The van der Waals surface area contributed by atoms with Gasteiger partial charge >= 0.3 is 0 Å². The third-order valence-electron chi connectivity index (χ3n) is 3.73. The molecule has 2 aromatic rings. The van der Waals surface area contributed by atoms with Gasteiger partial charge in [0, 0.05) is 31.1 Å². The molecular weight excluding hydrogens is 284 g/mol. The van der Waals surface area contributed by atoms with Gasteiger partial charge in [0.05, 0.1) is 18.2 Å². The number of hydrogen-bond donors (Lipinski definition) is 0. The molecule has 0 saturated carbocycles. The summed E-state index contributed by atoms with van der Waals surface area (Å²) in [7, 11) is 1.75. The number of methoxy groups -OCH3 is 1. The van der Waals surface area contributed by atoms with Crippen molar-refractivity contribution in [2.75, 3.05) is 25.1 Å². The number of carbonyl (C=O) groups excluding carboxylic acids is 1. The third kappa shape index (κ3) is 3.31. The molecule has 21 heavy (non-hydrogen) atoms. The Morgan fingerprint density at radius 1 is 1.43 bits per heavy atom. The van der Waals surface area contributed by atoms with Gasteiger partial charge in [-0.25, -0.2) is 4.98 Å². The lowest BCUT2D eigenvalue weighted by Gasteiger charge is -2.13. The molecule has 1 aromatic carbocycles. The summed E-state index contributed by atoms with van der Waals surface area (Å²) in [4.78, 5) is 19.0. The molecule has 0 bridgehead atoms. The molecule has 1 aromatic heterocycles. The lowest BCUT2D eigenvalue weighted by molar-refractivity contribution is 0.0992. The molecule has 1 atom stereocenters. The fourth-order valence-electron chi connectivity index (χ4n) is 2.51. The fourth-order valence-corrected chi connectivity index (χ4v) is 3.37. The number of ether oxygens (including phenoxy) is 1. The Hall–Kier alpha value is -1.72. The van der Waals surface area contributed by atoms with Crippen molar-refractivity contribution in [1.82, 2.24) is 4.98 Å². The number of hydrogen-bond acceptors (Lipinski definition) is 5. The second-order valence-electron chi connectivity index (χ2n) is 5.18. The van der Waals surface area contributed by atoms with Crippen LogP contribution >= 0.6 is 11.3 Å². The summed E-state index contributed by atoms with van der Waals surface area (Å²) in [5, 5.41) is 2.97. The number of aromatic nitrogens is 1. The Morgan fingerprint density at radius 3 is 2.95 bits per heavy atom. The van der Waals surface area contributed by atoms with Gasteiger partial charge in [0.2, 0.25) is 0 Å². The molecule has 1 aliphatic heterocycles. The maximum absolute atomic E-state index is 12.2. The quantitative estimate of drug-likeness (QED) is 0.797. The van der Waals surface area contributed by atoms with Gasteiger partial charge in [-0.2, -0.15) is 0 Å². The van der Waals surface area contributed by atoms with Crippen LogP contribution in [-0.4, -0.2) is 37.1 Å². The maximum Gasteiger partial charge on any atom is 0.185 e. The Morgan fingerprint density at radius 2 is 2.24 bits per heavy atom. The first-order valence-corrected chi connectivity index (χ1v) is 7.94. The third-order valence-corrected chi connectivity index (χ3v) is 4.68. The molecule has 1 aliphatic rings. The van der Waals surface area contributed by atoms with E-state index in [0.717, 1.165) is 35.9 Å². The molecule has 110 valence electrons. The Balaban J connectivity index is 1.64. The number of Topliss-reactive ketones (excluding diaryl/α,β-unsaturated/α-hetero) is 1. The SMILES string of the molecule is COC1CCN(c2nc(CC(=O)c3ccccc3)cs2)C1. The molecule has 3 rings (SSSR count). The topological polar surface area (TPSA) is 42.4 Å². The van der Waals surface area contributed by atoms with Crippen LogP contribution < -0.4 is 4.90 Å².